The third-order valence-corrected chi connectivity index (χ3v) is 3.57. The van der Waals surface area contributed by atoms with Gasteiger partial charge in [-0.3, -0.25) is 0 Å². The van der Waals surface area contributed by atoms with Crippen LogP contribution in [0.25, 0.3) is 0 Å². The quantitative estimate of drug-likeness (QED) is 0.511. The zero-order valence-corrected chi connectivity index (χ0v) is 16.2. The molecule has 0 aliphatic rings. The molecule has 136 valence electrons. The summed E-state index contributed by atoms with van der Waals surface area (Å²) >= 11 is 0. The van der Waals surface area contributed by atoms with E-state index in [2.05, 4.69) is 81.5 Å². The number of hydrogen-bond acceptors (Lipinski definition) is 1. The van der Waals surface area contributed by atoms with Crippen LogP contribution in [-0.4, -0.2) is 7.11 Å². The van der Waals surface area contributed by atoms with Crippen molar-refractivity contribution in [3.63, 3.8) is 0 Å². The SMILES string of the molecule is CCCC[C@@H](c1ccccc1)c1ccc(OC)cc1.[C-]#[O+].[C-]#[O+].[C-]#[O+].[Cr]. The van der Waals surface area contributed by atoms with Crippen molar-refractivity contribution in [2.75, 3.05) is 7.11 Å². The topological polar surface area (TPSA) is 68.9 Å². The zero-order valence-electron chi connectivity index (χ0n) is 14.9. The predicted octanol–water partition coefficient (Wildman–Crippen LogP) is 4.90. The number of ether oxygens (including phenoxy) is 1. The van der Waals surface area contributed by atoms with Gasteiger partial charge in [0.25, 0.3) is 0 Å². The van der Waals surface area contributed by atoms with E-state index in [9.17, 15) is 0 Å². The van der Waals surface area contributed by atoms with Crippen LogP contribution in [0.3, 0.4) is 0 Å². The second-order valence-electron chi connectivity index (χ2n) is 4.88. The standard InChI is InChI=1S/C18H22O.3CO.Cr/c1-3-4-10-18(15-8-6-5-7-9-15)16-11-13-17(19-2)14-12-16;3*1-2;/h5-9,11-14,18H,3-4,10H2,1-2H3;;;;/t18-;;;;/m0..../s1. The van der Waals surface area contributed by atoms with Gasteiger partial charge >= 0.3 is 33.9 Å². The molecule has 0 bridgehead atoms. The van der Waals surface area contributed by atoms with Crippen molar-refractivity contribution in [2.24, 2.45) is 0 Å². The summed E-state index contributed by atoms with van der Waals surface area (Å²) in [5.74, 6) is 1.41. The van der Waals surface area contributed by atoms with Gasteiger partial charge in [0.1, 0.15) is 5.75 Å². The molecular weight excluding hydrogens is 368 g/mol. The Morgan fingerprint density at radius 3 is 1.69 bits per heavy atom. The smallest absolute Gasteiger partial charge is 0 e. The Morgan fingerprint density at radius 1 is 0.808 bits per heavy atom. The van der Waals surface area contributed by atoms with Gasteiger partial charge in [0.05, 0.1) is 7.11 Å². The summed E-state index contributed by atoms with van der Waals surface area (Å²) in [4.78, 5) is 0. The maximum Gasteiger partial charge on any atom is 0 e. The number of rotatable bonds is 6. The van der Waals surface area contributed by atoms with E-state index in [4.69, 9.17) is 18.7 Å². The summed E-state index contributed by atoms with van der Waals surface area (Å²) in [5.41, 5.74) is 2.78. The maximum absolute atomic E-state index is 7.50. The summed E-state index contributed by atoms with van der Waals surface area (Å²) in [6.45, 7) is 15.7. The first-order valence-corrected chi connectivity index (χ1v) is 7.65. The Bertz CT molecular complexity index is 589. The van der Waals surface area contributed by atoms with Crippen molar-refractivity contribution in [1.82, 2.24) is 0 Å². The van der Waals surface area contributed by atoms with Crippen molar-refractivity contribution in [3.8, 4) is 5.75 Å². The van der Waals surface area contributed by atoms with Crippen LogP contribution >= 0.6 is 0 Å². The summed E-state index contributed by atoms with van der Waals surface area (Å²) in [6, 6.07) is 19.3. The molecule has 0 spiro atoms. The molecule has 0 N–H and O–H groups in total. The van der Waals surface area contributed by atoms with Gasteiger partial charge in [-0.1, -0.05) is 62.2 Å². The third-order valence-electron chi connectivity index (χ3n) is 3.57. The fourth-order valence-corrected chi connectivity index (χ4v) is 2.46. The molecule has 2 aromatic rings. The minimum absolute atomic E-state index is 0. The Kier molecular flexibility index (Phi) is 23.3. The Labute approximate surface area is 166 Å². The van der Waals surface area contributed by atoms with Crippen LogP contribution in [0.15, 0.2) is 54.6 Å². The van der Waals surface area contributed by atoms with Gasteiger partial charge in [-0.25, -0.2) is 0 Å². The van der Waals surface area contributed by atoms with E-state index in [1.54, 1.807) is 7.11 Å². The first-order chi connectivity index (χ1) is 12.3. The molecule has 5 heteroatoms. The van der Waals surface area contributed by atoms with Crippen LogP contribution in [0.1, 0.15) is 43.2 Å². The van der Waals surface area contributed by atoms with Gasteiger partial charge in [0.2, 0.25) is 0 Å². The van der Waals surface area contributed by atoms with E-state index >= 15 is 0 Å². The van der Waals surface area contributed by atoms with Crippen LogP contribution in [0, 0.1) is 20.0 Å². The summed E-state index contributed by atoms with van der Waals surface area (Å²) < 4.78 is 27.7. The van der Waals surface area contributed by atoms with Crippen LogP contribution in [0.5, 0.6) is 5.75 Å². The van der Waals surface area contributed by atoms with Crippen molar-refractivity contribution < 1.29 is 36.1 Å². The van der Waals surface area contributed by atoms with Crippen molar-refractivity contribution in [2.45, 2.75) is 32.1 Å². The maximum atomic E-state index is 7.50. The molecule has 2 rings (SSSR count). The molecule has 0 aromatic heterocycles. The van der Waals surface area contributed by atoms with Gasteiger partial charge in [0, 0.05) is 23.3 Å². The molecule has 0 fully saturated rings. The van der Waals surface area contributed by atoms with E-state index in [1.165, 1.54) is 30.4 Å². The Morgan fingerprint density at radius 2 is 1.27 bits per heavy atom. The van der Waals surface area contributed by atoms with E-state index in [-0.39, 0.29) is 17.4 Å². The summed E-state index contributed by atoms with van der Waals surface area (Å²) in [5, 5.41) is 0. The molecule has 0 radical (unpaired) electrons. The van der Waals surface area contributed by atoms with Gasteiger partial charge in [-0.05, 0) is 29.7 Å². The first kappa shape index (κ1) is 28.8. The molecule has 0 aliphatic carbocycles. The fourth-order valence-electron chi connectivity index (χ4n) is 2.46. The van der Waals surface area contributed by atoms with Gasteiger partial charge in [0.15, 0.2) is 0 Å². The molecule has 0 saturated carbocycles. The fraction of sp³-hybridized carbons (Fsp3) is 0.286. The molecule has 0 amide bonds. The third kappa shape index (κ3) is 10.8. The Balaban J connectivity index is -0.000000686. The monoisotopic (exact) mass is 390 g/mol. The molecule has 0 unspecified atom stereocenters. The molecule has 0 aliphatic heterocycles. The van der Waals surface area contributed by atoms with E-state index in [1.807, 2.05) is 0 Å². The number of unbranched alkanes of at least 4 members (excludes halogenated alkanes) is 1. The average Bonchev–Trinajstić information content (AvgIpc) is 2.74. The van der Waals surface area contributed by atoms with E-state index < -0.39 is 0 Å². The molecule has 1 atom stereocenters. The van der Waals surface area contributed by atoms with E-state index in [0.717, 1.165) is 5.75 Å². The molecule has 0 saturated heterocycles. The second-order valence-corrected chi connectivity index (χ2v) is 4.88. The molecule has 2 aromatic carbocycles. The van der Waals surface area contributed by atoms with Gasteiger partial charge in [-0.15, -0.1) is 0 Å². The molecular formula is C21H22CrO4. The van der Waals surface area contributed by atoms with Crippen LogP contribution in [-0.2, 0) is 31.3 Å². The molecule has 0 heterocycles. The average molecular weight is 390 g/mol. The number of hydrogen-bond donors (Lipinski definition) is 0. The van der Waals surface area contributed by atoms with Crippen molar-refractivity contribution in [1.29, 1.82) is 0 Å². The Hall–Kier alpha value is -2.01. The molecule has 26 heavy (non-hydrogen) atoms. The van der Waals surface area contributed by atoms with Crippen molar-refractivity contribution in [3.05, 3.63) is 85.7 Å². The predicted molar refractivity (Wildman–Crippen MR) is 92.6 cm³/mol. The number of methoxy groups -OCH3 is 1. The van der Waals surface area contributed by atoms with E-state index in [0.29, 0.717) is 5.92 Å². The summed E-state index contributed by atoms with van der Waals surface area (Å²) in [7, 11) is 1.71. The van der Waals surface area contributed by atoms with Crippen LogP contribution in [0.4, 0.5) is 0 Å². The molecule has 4 nitrogen and oxygen atoms in total. The minimum atomic E-state index is 0. The first-order valence-electron chi connectivity index (χ1n) is 7.65. The van der Waals surface area contributed by atoms with Gasteiger partial charge in [-0.2, -0.15) is 0 Å². The minimum Gasteiger partial charge on any atom is 0 e. The van der Waals surface area contributed by atoms with Crippen molar-refractivity contribution >= 4 is 0 Å². The van der Waals surface area contributed by atoms with Crippen LogP contribution < -0.4 is 4.74 Å². The largest absolute Gasteiger partial charge is 0 e. The number of benzene rings is 2. The van der Waals surface area contributed by atoms with Gasteiger partial charge < -0.3 is 4.74 Å². The zero-order chi connectivity index (χ0) is 19.5. The van der Waals surface area contributed by atoms with Crippen LogP contribution in [0.2, 0.25) is 0 Å². The second kappa shape index (κ2) is 21.0. The summed E-state index contributed by atoms with van der Waals surface area (Å²) in [6.07, 6.45) is 3.69. The normalized spacial score (nSPS) is 9.08.